The van der Waals surface area contributed by atoms with Crippen LogP contribution in [-0.2, 0) is 9.59 Å². The summed E-state index contributed by atoms with van der Waals surface area (Å²) in [5, 5.41) is 18.0. The van der Waals surface area contributed by atoms with Gasteiger partial charge in [0, 0.05) is 6.21 Å². The summed E-state index contributed by atoms with van der Waals surface area (Å²) in [5.41, 5.74) is 0.226. The second-order valence-electron chi connectivity index (χ2n) is 3.23. The van der Waals surface area contributed by atoms with E-state index in [1.807, 2.05) is 0 Å². The molecular weight excluding hydrogens is 186 g/mol. The highest BCUT2D eigenvalue weighted by molar-refractivity contribution is 6.08. The molecule has 0 bridgehead atoms. The summed E-state index contributed by atoms with van der Waals surface area (Å²) in [6.45, 7) is 2.90. The monoisotopic (exact) mass is 197 g/mol. The van der Waals surface area contributed by atoms with E-state index in [1.54, 1.807) is 0 Å². The Hall–Kier alpha value is -1.65. The SMILES string of the molecule is CC1=C(O)C(=O)C(C(C)C(=O)O)C=N1. The molecule has 1 heterocycles. The van der Waals surface area contributed by atoms with Crippen LogP contribution in [-0.4, -0.2) is 28.2 Å². The highest BCUT2D eigenvalue weighted by atomic mass is 16.4. The molecule has 0 aromatic heterocycles. The molecule has 2 atom stereocenters. The lowest BCUT2D eigenvalue weighted by Crippen LogP contribution is -2.32. The molecule has 0 radical (unpaired) electrons. The second-order valence-corrected chi connectivity index (χ2v) is 3.23. The maximum absolute atomic E-state index is 11.4. The average Bonchev–Trinajstić information content (AvgIpc) is 2.13. The number of nitrogens with zero attached hydrogens (tertiary/aromatic N) is 1. The van der Waals surface area contributed by atoms with E-state index in [9.17, 15) is 14.7 Å². The Morgan fingerprint density at radius 1 is 1.64 bits per heavy atom. The molecule has 2 N–H and O–H groups in total. The van der Waals surface area contributed by atoms with Crippen molar-refractivity contribution in [1.29, 1.82) is 0 Å². The maximum atomic E-state index is 11.4. The molecule has 5 nitrogen and oxygen atoms in total. The Labute approximate surface area is 80.8 Å². The molecule has 0 amide bonds. The number of carbonyl (C=O) groups excluding carboxylic acids is 1. The molecule has 1 aliphatic heterocycles. The maximum Gasteiger partial charge on any atom is 0.307 e. The fourth-order valence-electron chi connectivity index (χ4n) is 1.17. The van der Waals surface area contributed by atoms with Crippen LogP contribution in [0, 0.1) is 11.8 Å². The van der Waals surface area contributed by atoms with E-state index in [4.69, 9.17) is 5.11 Å². The summed E-state index contributed by atoms with van der Waals surface area (Å²) in [4.78, 5) is 25.8. The Balaban J connectivity index is 2.94. The molecule has 2 unspecified atom stereocenters. The molecule has 0 spiro atoms. The van der Waals surface area contributed by atoms with E-state index in [1.165, 1.54) is 20.1 Å². The van der Waals surface area contributed by atoms with Gasteiger partial charge in [-0.05, 0) is 6.92 Å². The van der Waals surface area contributed by atoms with Crippen LogP contribution in [0.1, 0.15) is 13.8 Å². The van der Waals surface area contributed by atoms with Gasteiger partial charge in [0.05, 0.1) is 17.5 Å². The van der Waals surface area contributed by atoms with Crippen molar-refractivity contribution in [3.63, 3.8) is 0 Å². The summed E-state index contributed by atoms with van der Waals surface area (Å²) < 4.78 is 0. The van der Waals surface area contributed by atoms with Crippen LogP contribution in [0.4, 0.5) is 0 Å². The van der Waals surface area contributed by atoms with E-state index in [-0.39, 0.29) is 5.70 Å². The number of aliphatic hydroxyl groups is 1. The zero-order chi connectivity index (χ0) is 10.9. The first-order valence-corrected chi connectivity index (χ1v) is 4.16. The molecule has 0 fully saturated rings. The number of carboxylic acids is 1. The number of ketones is 1. The average molecular weight is 197 g/mol. The minimum absolute atomic E-state index is 0.226. The van der Waals surface area contributed by atoms with Crippen LogP contribution in [0.15, 0.2) is 16.4 Å². The number of Topliss-reactive ketones (excluding diaryl/α,β-unsaturated/α-hetero) is 1. The van der Waals surface area contributed by atoms with E-state index in [0.29, 0.717) is 0 Å². The van der Waals surface area contributed by atoms with Gasteiger partial charge in [-0.3, -0.25) is 14.6 Å². The van der Waals surface area contributed by atoms with Crippen molar-refractivity contribution in [3.05, 3.63) is 11.5 Å². The number of aliphatic hydroxyl groups excluding tert-OH is 1. The number of hydrogen-bond acceptors (Lipinski definition) is 4. The first kappa shape index (κ1) is 10.4. The molecule has 0 aliphatic carbocycles. The van der Waals surface area contributed by atoms with Crippen LogP contribution >= 0.6 is 0 Å². The lowest BCUT2D eigenvalue weighted by atomic mass is 9.88. The molecule has 5 heteroatoms. The van der Waals surface area contributed by atoms with Crippen molar-refractivity contribution < 1.29 is 19.8 Å². The largest absolute Gasteiger partial charge is 0.503 e. The predicted molar refractivity (Wildman–Crippen MR) is 49.1 cm³/mol. The third-order valence-corrected chi connectivity index (χ3v) is 2.24. The van der Waals surface area contributed by atoms with Crippen LogP contribution in [0.25, 0.3) is 0 Å². The minimum atomic E-state index is -1.08. The molecule has 0 saturated carbocycles. The van der Waals surface area contributed by atoms with Gasteiger partial charge in [0.25, 0.3) is 0 Å². The Bertz CT molecular complexity index is 343. The number of hydrogen-bond donors (Lipinski definition) is 2. The van der Waals surface area contributed by atoms with Crippen molar-refractivity contribution in [3.8, 4) is 0 Å². The Morgan fingerprint density at radius 2 is 2.21 bits per heavy atom. The normalized spacial score (nSPS) is 23.9. The quantitative estimate of drug-likeness (QED) is 0.684. The van der Waals surface area contributed by atoms with E-state index in [2.05, 4.69) is 4.99 Å². The van der Waals surface area contributed by atoms with Gasteiger partial charge >= 0.3 is 5.97 Å². The van der Waals surface area contributed by atoms with Crippen molar-refractivity contribution in [2.24, 2.45) is 16.8 Å². The summed E-state index contributed by atoms with van der Waals surface area (Å²) in [7, 11) is 0. The number of carbonyl (C=O) groups is 2. The smallest absolute Gasteiger partial charge is 0.307 e. The van der Waals surface area contributed by atoms with E-state index < -0.39 is 29.3 Å². The van der Waals surface area contributed by atoms with Gasteiger partial charge in [0.2, 0.25) is 5.78 Å². The zero-order valence-electron chi connectivity index (χ0n) is 7.89. The number of carboxylic acid groups (broad SMARTS) is 1. The van der Waals surface area contributed by atoms with Crippen molar-refractivity contribution in [2.75, 3.05) is 0 Å². The van der Waals surface area contributed by atoms with E-state index >= 15 is 0 Å². The zero-order valence-corrected chi connectivity index (χ0v) is 7.89. The summed E-state index contributed by atoms with van der Waals surface area (Å²) >= 11 is 0. The Kier molecular flexibility index (Phi) is 2.69. The van der Waals surface area contributed by atoms with Gasteiger partial charge in [-0.25, -0.2) is 0 Å². The highest BCUT2D eigenvalue weighted by Gasteiger charge is 2.33. The third kappa shape index (κ3) is 1.66. The predicted octanol–water partition coefficient (Wildman–Crippen LogP) is 0.766. The fraction of sp³-hybridized carbons (Fsp3) is 0.444. The topological polar surface area (TPSA) is 87.0 Å². The van der Waals surface area contributed by atoms with Gasteiger partial charge < -0.3 is 10.2 Å². The van der Waals surface area contributed by atoms with Crippen LogP contribution in [0.3, 0.4) is 0 Å². The lowest BCUT2D eigenvalue weighted by Gasteiger charge is -2.18. The van der Waals surface area contributed by atoms with Crippen LogP contribution in [0.2, 0.25) is 0 Å². The summed E-state index contributed by atoms with van der Waals surface area (Å²) in [6, 6.07) is 0. The molecule has 76 valence electrons. The van der Waals surface area contributed by atoms with Gasteiger partial charge in [-0.15, -0.1) is 0 Å². The highest BCUT2D eigenvalue weighted by Crippen LogP contribution is 2.21. The first-order chi connectivity index (χ1) is 6.45. The number of aliphatic imine (C=N–C) groups is 1. The standard InChI is InChI=1S/C9H11NO4/c1-4(9(13)14)6-3-10-5(2)7(11)8(6)12/h3-4,6,11H,1-2H3,(H,13,14). The minimum Gasteiger partial charge on any atom is -0.503 e. The van der Waals surface area contributed by atoms with Gasteiger partial charge in [-0.1, -0.05) is 6.92 Å². The van der Waals surface area contributed by atoms with Gasteiger partial charge in [0.1, 0.15) is 0 Å². The van der Waals surface area contributed by atoms with Gasteiger partial charge in [-0.2, -0.15) is 0 Å². The molecule has 14 heavy (non-hydrogen) atoms. The Morgan fingerprint density at radius 3 is 2.71 bits per heavy atom. The molecule has 0 aromatic rings. The molecule has 0 aromatic carbocycles. The van der Waals surface area contributed by atoms with Crippen molar-refractivity contribution >= 4 is 18.0 Å². The third-order valence-electron chi connectivity index (χ3n) is 2.24. The number of aliphatic carboxylic acids is 1. The first-order valence-electron chi connectivity index (χ1n) is 4.16. The van der Waals surface area contributed by atoms with Gasteiger partial charge in [0.15, 0.2) is 5.76 Å². The van der Waals surface area contributed by atoms with Crippen molar-refractivity contribution in [2.45, 2.75) is 13.8 Å². The van der Waals surface area contributed by atoms with E-state index in [0.717, 1.165) is 0 Å². The molecular formula is C9H11NO4. The van der Waals surface area contributed by atoms with Crippen molar-refractivity contribution in [1.82, 2.24) is 0 Å². The molecule has 1 aliphatic rings. The number of allylic oxidation sites excluding steroid dienone is 2. The molecule has 0 saturated heterocycles. The van der Waals surface area contributed by atoms with Crippen LogP contribution < -0.4 is 0 Å². The molecule has 1 rings (SSSR count). The summed E-state index contributed by atoms with van der Waals surface area (Å²) in [5.74, 6) is -3.84. The number of rotatable bonds is 2. The summed E-state index contributed by atoms with van der Waals surface area (Å²) in [6.07, 6.45) is 1.27. The fourth-order valence-corrected chi connectivity index (χ4v) is 1.17. The second kappa shape index (κ2) is 3.61. The lowest BCUT2D eigenvalue weighted by molar-refractivity contribution is -0.144. The van der Waals surface area contributed by atoms with Crippen LogP contribution in [0.5, 0.6) is 0 Å².